The summed E-state index contributed by atoms with van der Waals surface area (Å²) in [5, 5.41) is 0.458. The molecular formula is C22H25N3O5. The fourth-order valence-electron chi connectivity index (χ4n) is 3.55. The Morgan fingerprint density at radius 2 is 1.90 bits per heavy atom. The summed E-state index contributed by atoms with van der Waals surface area (Å²) in [6, 6.07) is 11.0. The van der Waals surface area contributed by atoms with Gasteiger partial charge in [-0.3, -0.25) is 9.69 Å². The molecule has 1 atom stereocenters. The first kappa shape index (κ1) is 20.0. The number of hydrogen-bond acceptors (Lipinski definition) is 7. The predicted molar refractivity (Wildman–Crippen MR) is 113 cm³/mol. The third-order valence-corrected chi connectivity index (χ3v) is 5.11. The molecule has 0 bridgehead atoms. The highest BCUT2D eigenvalue weighted by molar-refractivity contribution is 5.81. The number of ether oxygens (including phenoxy) is 4. The second kappa shape index (κ2) is 8.62. The highest BCUT2D eigenvalue weighted by Gasteiger charge is 2.23. The average Bonchev–Trinajstić information content (AvgIpc) is 2.77. The van der Waals surface area contributed by atoms with Gasteiger partial charge < -0.3 is 23.9 Å². The number of benzene rings is 2. The highest BCUT2D eigenvalue weighted by atomic mass is 16.6. The largest absolute Gasteiger partial charge is 0.493 e. The summed E-state index contributed by atoms with van der Waals surface area (Å²) in [4.78, 5) is 22.3. The second-order valence-electron chi connectivity index (χ2n) is 7.06. The van der Waals surface area contributed by atoms with Crippen LogP contribution in [0.1, 0.15) is 12.7 Å². The monoisotopic (exact) mass is 411 g/mol. The number of H-pyrrole nitrogens is 1. The molecule has 2 heterocycles. The van der Waals surface area contributed by atoms with Gasteiger partial charge in [0.25, 0.3) is 5.56 Å². The van der Waals surface area contributed by atoms with Crippen LogP contribution < -0.4 is 24.5 Å². The molecule has 0 radical (unpaired) electrons. The lowest BCUT2D eigenvalue weighted by molar-refractivity contribution is 0.0573. The highest BCUT2D eigenvalue weighted by Crippen LogP contribution is 2.31. The second-order valence-corrected chi connectivity index (χ2v) is 7.06. The van der Waals surface area contributed by atoms with Crippen LogP contribution in [0, 0.1) is 0 Å². The van der Waals surface area contributed by atoms with Crippen molar-refractivity contribution < 1.29 is 18.9 Å². The van der Waals surface area contributed by atoms with Gasteiger partial charge in [0.05, 0.1) is 31.7 Å². The van der Waals surface area contributed by atoms with Crippen LogP contribution in [0.3, 0.4) is 0 Å². The minimum atomic E-state index is -0.210. The van der Waals surface area contributed by atoms with Crippen LogP contribution in [0.2, 0.25) is 0 Å². The van der Waals surface area contributed by atoms with Crippen molar-refractivity contribution in [3.05, 3.63) is 52.6 Å². The fraction of sp³-hybridized carbons (Fsp3) is 0.364. The van der Waals surface area contributed by atoms with Gasteiger partial charge in [-0.25, -0.2) is 4.98 Å². The number of likely N-dealkylation sites (N-methyl/N-ethyl adjacent to an activating group) is 1. The molecule has 0 spiro atoms. The van der Waals surface area contributed by atoms with E-state index in [-0.39, 0.29) is 11.7 Å². The summed E-state index contributed by atoms with van der Waals surface area (Å²) in [7, 11) is 3.09. The molecule has 0 saturated carbocycles. The maximum absolute atomic E-state index is 12.6. The van der Waals surface area contributed by atoms with E-state index in [1.165, 1.54) is 7.11 Å². The molecule has 1 N–H and O–H groups in total. The van der Waals surface area contributed by atoms with E-state index in [1.807, 2.05) is 24.3 Å². The molecule has 0 aliphatic carbocycles. The topological polar surface area (TPSA) is 85.9 Å². The maximum atomic E-state index is 12.6. The van der Waals surface area contributed by atoms with Gasteiger partial charge in [0, 0.05) is 12.6 Å². The predicted octanol–water partition coefficient (Wildman–Crippen LogP) is 2.60. The first-order valence-electron chi connectivity index (χ1n) is 9.87. The molecule has 1 aliphatic rings. The van der Waals surface area contributed by atoms with E-state index in [0.29, 0.717) is 47.9 Å². The van der Waals surface area contributed by atoms with Crippen LogP contribution in [0.5, 0.6) is 23.0 Å². The van der Waals surface area contributed by atoms with Crippen LogP contribution in [0.15, 0.2) is 41.2 Å². The van der Waals surface area contributed by atoms with Crippen molar-refractivity contribution >= 4 is 10.9 Å². The number of hydrogen-bond donors (Lipinski definition) is 1. The van der Waals surface area contributed by atoms with Crippen molar-refractivity contribution in [2.24, 2.45) is 0 Å². The van der Waals surface area contributed by atoms with Crippen molar-refractivity contribution in [2.45, 2.75) is 19.6 Å². The number of aromatic nitrogens is 2. The van der Waals surface area contributed by atoms with Crippen molar-refractivity contribution in [2.75, 3.05) is 33.9 Å². The summed E-state index contributed by atoms with van der Waals surface area (Å²) in [5.41, 5.74) is 0.354. The molecular weight excluding hydrogens is 386 g/mol. The van der Waals surface area contributed by atoms with Crippen molar-refractivity contribution in [3.8, 4) is 23.0 Å². The van der Waals surface area contributed by atoms with E-state index >= 15 is 0 Å². The van der Waals surface area contributed by atoms with Gasteiger partial charge in [-0.2, -0.15) is 0 Å². The number of fused-ring (bicyclic) bond motifs is 2. The van der Waals surface area contributed by atoms with Gasteiger partial charge in [-0.15, -0.1) is 0 Å². The van der Waals surface area contributed by atoms with Gasteiger partial charge in [0.15, 0.2) is 23.0 Å². The molecule has 0 amide bonds. The Bertz CT molecular complexity index is 1100. The van der Waals surface area contributed by atoms with Gasteiger partial charge in [0.2, 0.25) is 0 Å². The zero-order chi connectivity index (χ0) is 21.1. The Morgan fingerprint density at radius 3 is 2.63 bits per heavy atom. The van der Waals surface area contributed by atoms with Crippen LogP contribution in [-0.4, -0.2) is 54.9 Å². The molecule has 3 aromatic rings. The zero-order valence-electron chi connectivity index (χ0n) is 17.3. The first-order chi connectivity index (χ1) is 14.6. The Morgan fingerprint density at radius 1 is 1.17 bits per heavy atom. The molecule has 0 unspecified atom stereocenters. The fourth-order valence-corrected chi connectivity index (χ4v) is 3.55. The number of rotatable bonds is 7. The molecule has 8 heteroatoms. The lowest BCUT2D eigenvalue weighted by Gasteiger charge is -2.30. The third-order valence-electron chi connectivity index (χ3n) is 5.11. The van der Waals surface area contributed by atoms with Crippen molar-refractivity contribution in [1.82, 2.24) is 14.9 Å². The molecule has 1 aliphatic heterocycles. The van der Waals surface area contributed by atoms with E-state index in [9.17, 15) is 4.79 Å². The standard InChI is InChI=1S/C22H25N3O5/c1-4-25(11-14-13-29-17-7-5-6-8-18(17)30-14)12-21-23-16-10-20(28-3)19(27-2)9-15(16)22(26)24-21/h5-10,14H,4,11-13H2,1-3H3,(H,23,24,26)/t14-/m0/s1. The summed E-state index contributed by atoms with van der Waals surface area (Å²) in [6.45, 7) is 4.45. The summed E-state index contributed by atoms with van der Waals surface area (Å²) >= 11 is 0. The lowest BCUT2D eigenvalue weighted by Crippen LogP contribution is -2.41. The maximum Gasteiger partial charge on any atom is 0.258 e. The van der Waals surface area contributed by atoms with Crippen molar-refractivity contribution in [1.29, 1.82) is 0 Å². The first-order valence-corrected chi connectivity index (χ1v) is 9.87. The Labute approximate surface area is 174 Å². The van der Waals surface area contributed by atoms with Gasteiger partial charge in [0.1, 0.15) is 18.5 Å². The van der Waals surface area contributed by atoms with Gasteiger partial charge in [-0.1, -0.05) is 19.1 Å². The molecule has 8 nitrogen and oxygen atoms in total. The minimum absolute atomic E-state index is 0.101. The number of nitrogens with zero attached hydrogens (tertiary/aromatic N) is 2. The number of para-hydroxylation sites is 2. The smallest absolute Gasteiger partial charge is 0.258 e. The molecule has 30 heavy (non-hydrogen) atoms. The molecule has 158 valence electrons. The van der Waals surface area contributed by atoms with Gasteiger partial charge in [-0.05, 0) is 24.7 Å². The van der Waals surface area contributed by atoms with Crippen LogP contribution in [0.4, 0.5) is 0 Å². The lowest BCUT2D eigenvalue weighted by atomic mass is 10.2. The Kier molecular flexibility index (Phi) is 5.76. The van der Waals surface area contributed by atoms with E-state index in [2.05, 4.69) is 21.8 Å². The Hall–Kier alpha value is -3.26. The van der Waals surface area contributed by atoms with Crippen LogP contribution >= 0.6 is 0 Å². The molecule has 1 aromatic heterocycles. The molecule has 0 saturated heterocycles. The van der Waals surface area contributed by atoms with E-state index < -0.39 is 0 Å². The van der Waals surface area contributed by atoms with Crippen LogP contribution in [0.25, 0.3) is 10.9 Å². The minimum Gasteiger partial charge on any atom is -0.493 e. The van der Waals surface area contributed by atoms with Crippen LogP contribution in [-0.2, 0) is 6.54 Å². The SMILES string of the molecule is CCN(Cc1nc2cc(OC)c(OC)cc2c(=O)[nH]1)C[C@H]1COc2ccccc2O1. The molecule has 4 rings (SSSR count). The number of nitrogens with one attached hydrogen (secondary N) is 1. The number of aromatic amines is 1. The van der Waals surface area contributed by atoms with Gasteiger partial charge >= 0.3 is 0 Å². The summed E-state index contributed by atoms with van der Waals surface area (Å²) < 4.78 is 22.5. The van der Waals surface area contributed by atoms with E-state index in [0.717, 1.165) is 18.0 Å². The molecule has 2 aromatic carbocycles. The quantitative estimate of drug-likeness (QED) is 0.640. The van der Waals surface area contributed by atoms with Crippen molar-refractivity contribution in [3.63, 3.8) is 0 Å². The average molecular weight is 411 g/mol. The van der Waals surface area contributed by atoms with E-state index in [1.54, 1.807) is 19.2 Å². The summed E-state index contributed by atoms with van der Waals surface area (Å²) in [5.74, 6) is 3.13. The van der Waals surface area contributed by atoms with E-state index in [4.69, 9.17) is 18.9 Å². The zero-order valence-corrected chi connectivity index (χ0v) is 17.3. The summed E-state index contributed by atoms with van der Waals surface area (Å²) in [6.07, 6.45) is -0.101. The third kappa shape index (κ3) is 4.04. The molecule has 0 fully saturated rings. The number of methoxy groups -OCH3 is 2. The normalized spacial score (nSPS) is 15.4. The Balaban J connectivity index is 1.53.